The first-order chi connectivity index (χ1) is 15.5. The van der Waals surface area contributed by atoms with Crippen molar-refractivity contribution in [2.75, 3.05) is 11.5 Å². The Kier molecular flexibility index (Phi) is 4.54. The van der Waals surface area contributed by atoms with Crippen molar-refractivity contribution in [3.63, 3.8) is 0 Å². The van der Waals surface area contributed by atoms with Crippen LogP contribution in [0.25, 0.3) is 21.9 Å². The Morgan fingerprint density at radius 2 is 1.91 bits per heavy atom. The molecule has 7 heteroatoms. The fourth-order valence-electron chi connectivity index (χ4n) is 6.26. The SMILES string of the molecule is Cc1nc(N)c2ccn(C3CC4CCC(Cc5ccc6cc(Cl)c(N)nc6c5)C4C3)c2n1. The first-order valence-corrected chi connectivity index (χ1v) is 11.8. The molecular weight excluding hydrogens is 420 g/mol. The zero-order valence-corrected chi connectivity index (χ0v) is 18.9. The molecule has 3 aromatic heterocycles. The van der Waals surface area contributed by atoms with Crippen molar-refractivity contribution in [3.05, 3.63) is 52.9 Å². The Morgan fingerprint density at radius 1 is 1.03 bits per heavy atom. The van der Waals surface area contributed by atoms with Gasteiger partial charge in [0.25, 0.3) is 0 Å². The van der Waals surface area contributed by atoms with Crippen molar-refractivity contribution in [3.8, 4) is 0 Å². The second-order valence-corrected chi connectivity index (χ2v) is 10.00. The van der Waals surface area contributed by atoms with Crippen molar-refractivity contribution in [1.29, 1.82) is 0 Å². The third-order valence-corrected chi connectivity index (χ3v) is 8.01. The van der Waals surface area contributed by atoms with Crippen LogP contribution in [0.1, 0.15) is 43.1 Å². The lowest BCUT2D eigenvalue weighted by molar-refractivity contribution is 0.343. The van der Waals surface area contributed by atoms with Crippen LogP contribution in [0, 0.1) is 24.7 Å². The van der Waals surface area contributed by atoms with E-state index in [1.807, 2.05) is 13.0 Å². The van der Waals surface area contributed by atoms with Gasteiger partial charge in [0.1, 0.15) is 23.1 Å². The van der Waals surface area contributed by atoms with Crippen LogP contribution in [0.15, 0.2) is 36.5 Å². The number of nitrogens with zero attached hydrogens (tertiary/aromatic N) is 4. The number of aryl methyl sites for hydroxylation is 1. The van der Waals surface area contributed by atoms with Gasteiger partial charge in [-0.15, -0.1) is 0 Å². The molecule has 2 aliphatic carbocycles. The van der Waals surface area contributed by atoms with Gasteiger partial charge in [-0.25, -0.2) is 15.0 Å². The van der Waals surface area contributed by atoms with Gasteiger partial charge in [0, 0.05) is 17.6 Å². The van der Waals surface area contributed by atoms with Crippen LogP contribution in [0.5, 0.6) is 0 Å². The van der Waals surface area contributed by atoms with E-state index in [2.05, 4.69) is 45.0 Å². The summed E-state index contributed by atoms with van der Waals surface area (Å²) < 4.78 is 2.35. The van der Waals surface area contributed by atoms with Gasteiger partial charge < -0.3 is 16.0 Å². The monoisotopic (exact) mass is 446 g/mol. The van der Waals surface area contributed by atoms with Gasteiger partial charge >= 0.3 is 0 Å². The normalized spacial score (nSPS) is 25.1. The Hall–Kier alpha value is -2.86. The number of nitrogen functional groups attached to an aromatic ring is 2. The molecule has 2 fully saturated rings. The van der Waals surface area contributed by atoms with Crippen LogP contribution in [0.2, 0.25) is 5.02 Å². The molecular formula is C25H27ClN6. The van der Waals surface area contributed by atoms with E-state index in [4.69, 9.17) is 28.1 Å². The van der Waals surface area contributed by atoms with E-state index in [1.54, 1.807) is 0 Å². The molecule has 3 heterocycles. The van der Waals surface area contributed by atoms with E-state index in [0.29, 0.717) is 28.6 Å². The minimum absolute atomic E-state index is 0.398. The van der Waals surface area contributed by atoms with E-state index in [1.165, 1.54) is 31.2 Å². The Labute approximate surface area is 192 Å². The highest BCUT2D eigenvalue weighted by atomic mass is 35.5. The largest absolute Gasteiger partial charge is 0.383 e. The zero-order chi connectivity index (χ0) is 22.0. The molecule has 32 heavy (non-hydrogen) atoms. The van der Waals surface area contributed by atoms with Crippen molar-refractivity contribution in [2.24, 2.45) is 17.8 Å². The number of aromatic nitrogens is 4. The van der Waals surface area contributed by atoms with Gasteiger partial charge in [-0.05, 0) is 80.5 Å². The van der Waals surface area contributed by atoms with Crippen LogP contribution in [-0.2, 0) is 6.42 Å². The van der Waals surface area contributed by atoms with Crippen LogP contribution in [0.3, 0.4) is 0 Å². The van der Waals surface area contributed by atoms with E-state index < -0.39 is 0 Å². The summed E-state index contributed by atoms with van der Waals surface area (Å²) in [5.74, 6) is 3.95. The summed E-state index contributed by atoms with van der Waals surface area (Å²) in [6.07, 6.45) is 8.29. The molecule has 0 aliphatic heterocycles. The standard InChI is InChI=1S/C25H27ClN6/c1-13-29-23(27)19-6-7-32(25(19)30-13)18-10-16-5-4-15(20(16)12-18)8-14-2-3-17-11-21(26)24(28)31-22(17)9-14/h2-3,6-7,9,11,15-16,18,20H,4-5,8,10,12H2,1H3,(H2,28,31)(H2,27,29,30). The molecule has 0 saturated heterocycles. The molecule has 1 aromatic carbocycles. The molecule has 2 saturated carbocycles. The molecule has 0 amide bonds. The molecule has 164 valence electrons. The van der Waals surface area contributed by atoms with Gasteiger partial charge in [0.2, 0.25) is 0 Å². The number of hydrogen-bond acceptors (Lipinski definition) is 5. The molecule has 0 bridgehead atoms. The number of benzene rings is 1. The number of pyridine rings is 1. The molecule has 2 aliphatic rings. The van der Waals surface area contributed by atoms with E-state index in [9.17, 15) is 0 Å². The summed E-state index contributed by atoms with van der Waals surface area (Å²) >= 11 is 6.13. The average molecular weight is 447 g/mol. The third-order valence-electron chi connectivity index (χ3n) is 7.71. The molecule has 4 aromatic rings. The van der Waals surface area contributed by atoms with Gasteiger partial charge in [0.15, 0.2) is 0 Å². The summed E-state index contributed by atoms with van der Waals surface area (Å²) in [5, 5.41) is 2.52. The Morgan fingerprint density at radius 3 is 2.78 bits per heavy atom. The lowest BCUT2D eigenvalue weighted by Crippen LogP contribution is -2.13. The summed E-state index contributed by atoms with van der Waals surface area (Å²) in [6.45, 7) is 1.91. The number of nitrogens with two attached hydrogens (primary N) is 2. The maximum Gasteiger partial charge on any atom is 0.146 e. The van der Waals surface area contributed by atoms with Crippen molar-refractivity contribution in [2.45, 2.75) is 45.1 Å². The van der Waals surface area contributed by atoms with Gasteiger partial charge in [0.05, 0.1) is 15.9 Å². The van der Waals surface area contributed by atoms with E-state index in [-0.39, 0.29) is 0 Å². The molecule has 0 spiro atoms. The quantitative estimate of drug-likeness (QED) is 0.443. The summed E-state index contributed by atoms with van der Waals surface area (Å²) in [5.41, 5.74) is 15.3. The van der Waals surface area contributed by atoms with E-state index in [0.717, 1.165) is 46.0 Å². The fraction of sp³-hybridized carbons (Fsp3) is 0.400. The molecule has 4 N–H and O–H groups in total. The first-order valence-electron chi connectivity index (χ1n) is 11.4. The van der Waals surface area contributed by atoms with E-state index >= 15 is 0 Å². The minimum atomic E-state index is 0.398. The third kappa shape index (κ3) is 3.20. The highest BCUT2D eigenvalue weighted by Gasteiger charge is 2.43. The number of anilines is 2. The van der Waals surface area contributed by atoms with Crippen molar-refractivity contribution in [1.82, 2.24) is 19.5 Å². The maximum absolute atomic E-state index is 6.14. The van der Waals surface area contributed by atoms with Gasteiger partial charge in [-0.1, -0.05) is 23.7 Å². The Balaban J connectivity index is 1.24. The van der Waals surface area contributed by atoms with Crippen molar-refractivity contribution >= 4 is 45.2 Å². The zero-order valence-electron chi connectivity index (χ0n) is 18.1. The van der Waals surface area contributed by atoms with Gasteiger partial charge in [-0.3, -0.25) is 0 Å². The topological polar surface area (TPSA) is 95.6 Å². The fourth-order valence-corrected chi connectivity index (χ4v) is 6.41. The number of halogens is 1. The number of rotatable bonds is 3. The summed E-state index contributed by atoms with van der Waals surface area (Å²) in [6, 6.07) is 11.0. The molecule has 4 atom stereocenters. The van der Waals surface area contributed by atoms with Crippen LogP contribution >= 0.6 is 11.6 Å². The summed E-state index contributed by atoms with van der Waals surface area (Å²) in [7, 11) is 0. The lowest BCUT2D eigenvalue weighted by Gasteiger charge is -2.20. The maximum atomic E-state index is 6.14. The van der Waals surface area contributed by atoms with Gasteiger partial charge in [-0.2, -0.15) is 0 Å². The lowest BCUT2D eigenvalue weighted by atomic mass is 9.87. The highest BCUT2D eigenvalue weighted by molar-refractivity contribution is 6.33. The molecule has 6 rings (SSSR count). The van der Waals surface area contributed by atoms with Crippen LogP contribution in [0.4, 0.5) is 11.6 Å². The predicted molar refractivity (Wildman–Crippen MR) is 130 cm³/mol. The Bertz CT molecular complexity index is 1350. The van der Waals surface area contributed by atoms with Crippen molar-refractivity contribution < 1.29 is 0 Å². The predicted octanol–water partition coefficient (Wildman–Crippen LogP) is 5.33. The molecule has 4 unspecified atom stereocenters. The molecule has 6 nitrogen and oxygen atoms in total. The average Bonchev–Trinajstić information content (AvgIpc) is 3.44. The second kappa shape index (κ2) is 7.34. The number of hydrogen-bond donors (Lipinski definition) is 2. The van der Waals surface area contributed by atoms with Crippen LogP contribution in [-0.4, -0.2) is 19.5 Å². The second-order valence-electron chi connectivity index (χ2n) is 9.59. The van der Waals surface area contributed by atoms with Crippen LogP contribution < -0.4 is 11.5 Å². The minimum Gasteiger partial charge on any atom is -0.383 e. The first kappa shape index (κ1) is 19.8. The highest BCUT2D eigenvalue weighted by Crippen LogP contribution is 2.53. The smallest absolute Gasteiger partial charge is 0.146 e. The summed E-state index contributed by atoms with van der Waals surface area (Å²) in [4.78, 5) is 13.5. The molecule has 0 radical (unpaired) electrons. The number of fused-ring (bicyclic) bond motifs is 3.